The molecule has 0 amide bonds. The molecule has 1 aliphatic rings. The maximum Gasteiger partial charge on any atom is 0.314 e. The molecule has 0 atom stereocenters. The third-order valence-electron chi connectivity index (χ3n) is 3.08. The Morgan fingerprint density at radius 2 is 2.07 bits per heavy atom. The molecule has 4 heteroatoms. The first-order valence-electron chi connectivity index (χ1n) is 4.90. The molecule has 1 aromatic rings. The minimum Gasteiger partial charge on any atom is -0.481 e. The van der Waals surface area contributed by atoms with Crippen LogP contribution in [-0.2, 0) is 10.2 Å². The fourth-order valence-electron chi connectivity index (χ4n) is 2.25. The van der Waals surface area contributed by atoms with Crippen LogP contribution in [0.5, 0.6) is 0 Å². The number of carboxylic acid groups (broad SMARTS) is 1. The minimum atomic E-state index is -0.706. The monoisotopic (exact) mass is 227 g/mol. The molecule has 82 valence electrons. The summed E-state index contributed by atoms with van der Waals surface area (Å²) in [5.41, 5.74) is 0.193. The maximum atomic E-state index is 11.3. The van der Waals surface area contributed by atoms with Crippen LogP contribution in [0, 0.1) is 0 Å². The number of rotatable bonds is 2. The van der Waals surface area contributed by atoms with Crippen LogP contribution in [-0.4, -0.2) is 16.1 Å². The molecule has 0 spiro atoms. The van der Waals surface area contributed by atoms with Crippen LogP contribution in [0.15, 0.2) is 24.5 Å². The normalized spacial score (nSPS) is 18.1. The summed E-state index contributed by atoms with van der Waals surface area (Å²) in [6, 6.07) is 3.67. The van der Waals surface area contributed by atoms with Crippen LogP contribution in [0.2, 0.25) is 0 Å². The molecule has 0 aromatic carbocycles. The molecule has 1 aromatic heterocycles. The van der Waals surface area contributed by atoms with Crippen LogP contribution in [0.25, 0.3) is 0 Å². The van der Waals surface area contributed by atoms with Gasteiger partial charge in [0.25, 0.3) is 0 Å². The summed E-state index contributed by atoms with van der Waals surface area (Å²) < 4.78 is 0. The fraction of sp³-hybridized carbons (Fsp3) is 0.455. The first-order valence-corrected chi connectivity index (χ1v) is 4.90. The average Bonchev–Trinajstić information content (AvgIpc) is 2.69. The molecule has 15 heavy (non-hydrogen) atoms. The smallest absolute Gasteiger partial charge is 0.314 e. The van der Waals surface area contributed by atoms with E-state index in [-0.39, 0.29) is 12.4 Å². The Balaban J connectivity index is 0.00000112. The predicted octanol–water partition coefficient (Wildman–Crippen LogP) is 2.40. The molecule has 1 saturated carbocycles. The summed E-state index contributed by atoms with van der Waals surface area (Å²) in [5.74, 6) is -0.706. The molecule has 3 nitrogen and oxygen atoms in total. The van der Waals surface area contributed by atoms with Crippen molar-refractivity contribution in [2.45, 2.75) is 31.1 Å². The Morgan fingerprint density at radius 1 is 1.40 bits per heavy atom. The number of nitrogens with zero attached hydrogens (tertiary/aromatic N) is 1. The number of hydrogen-bond acceptors (Lipinski definition) is 2. The van der Waals surface area contributed by atoms with E-state index < -0.39 is 11.4 Å². The lowest BCUT2D eigenvalue weighted by Crippen LogP contribution is -2.32. The Bertz CT molecular complexity index is 334. The number of carboxylic acids is 1. The van der Waals surface area contributed by atoms with E-state index in [1.54, 1.807) is 18.5 Å². The van der Waals surface area contributed by atoms with Crippen molar-refractivity contribution < 1.29 is 9.90 Å². The summed E-state index contributed by atoms with van der Waals surface area (Å²) in [5, 5.41) is 9.29. The molecule has 1 heterocycles. The van der Waals surface area contributed by atoms with Gasteiger partial charge in [-0.1, -0.05) is 18.9 Å². The Labute approximate surface area is 94.9 Å². The molecule has 1 fully saturated rings. The van der Waals surface area contributed by atoms with Crippen molar-refractivity contribution in [3.8, 4) is 0 Å². The number of carbonyl (C=O) groups is 1. The van der Waals surface area contributed by atoms with E-state index in [4.69, 9.17) is 0 Å². The van der Waals surface area contributed by atoms with E-state index in [0.717, 1.165) is 31.2 Å². The molecular formula is C11H14ClNO2. The van der Waals surface area contributed by atoms with E-state index >= 15 is 0 Å². The molecule has 0 radical (unpaired) electrons. The van der Waals surface area contributed by atoms with E-state index in [9.17, 15) is 9.90 Å². The second kappa shape index (κ2) is 4.62. The van der Waals surface area contributed by atoms with Crippen molar-refractivity contribution in [1.29, 1.82) is 0 Å². The molecular weight excluding hydrogens is 214 g/mol. The number of aromatic nitrogens is 1. The van der Waals surface area contributed by atoms with Crippen molar-refractivity contribution >= 4 is 18.4 Å². The van der Waals surface area contributed by atoms with Crippen molar-refractivity contribution in [1.82, 2.24) is 4.98 Å². The van der Waals surface area contributed by atoms with E-state index in [0.29, 0.717) is 0 Å². The highest BCUT2D eigenvalue weighted by Crippen LogP contribution is 2.40. The van der Waals surface area contributed by atoms with Gasteiger partial charge in [0, 0.05) is 12.4 Å². The molecule has 2 rings (SSSR count). The van der Waals surface area contributed by atoms with Crippen LogP contribution in [0.3, 0.4) is 0 Å². The van der Waals surface area contributed by atoms with Gasteiger partial charge in [-0.15, -0.1) is 12.4 Å². The van der Waals surface area contributed by atoms with Crippen LogP contribution in [0.4, 0.5) is 0 Å². The highest BCUT2D eigenvalue weighted by molar-refractivity contribution is 5.85. The lowest BCUT2D eigenvalue weighted by atomic mass is 9.80. The zero-order valence-corrected chi connectivity index (χ0v) is 9.17. The Hall–Kier alpha value is -1.09. The van der Waals surface area contributed by atoms with Crippen LogP contribution < -0.4 is 0 Å². The van der Waals surface area contributed by atoms with Gasteiger partial charge in [-0.25, -0.2) is 0 Å². The topological polar surface area (TPSA) is 50.2 Å². The second-order valence-electron chi connectivity index (χ2n) is 3.84. The molecule has 0 saturated heterocycles. The third-order valence-corrected chi connectivity index (χ3v) is 3.08. The van der Waals surface area contributed by atoms with Gasteiger partial charge in [-0.05, 0) is 24.5 Å². The zero-order valence-electron chi connectivity index (χ0n) is 8.35. The largest absolute Gasteiger partial charge is 0.481 e. The van der Waals surface area contributed by atoms with E-state index in [2.05, 4.69) is 4.98 Å². The van der Waals surface area contributed by atoms with E-state index in [1.807, 2.05) is 6.07 Å². The summed E-state index contributed by atoms with van der Waals surface area (Å²) in [6.45, 7) is 0. The van der Waals surface area contributed by atoms with Gasteiger partial charge >= 0.3 is 5.97 Å². The SMILES string of the molecule is Cl.O=C(O)C1(c2cccnc2)CCCC1. The number of halogens is 1. The quantitative estimate of drug-likeness (QED) is 0.844. The van der Waals surface area contributed by atoms with Gasteiger partial charge in [-0.3, -0.25) is 9.78 Å². The molecule has 1 N–H and O–H groups in total. The number of hydrogen-bond donors (Lipinski definition) is 1. The van der Waals surface area contributed by atoms with Gasteiger partial charge in [0.2, 0.25) is 0 Å². The van der Waals surface area contributed by atoms with Gasteiger partial charge in [0.1, 0.15) is 0 Å². The molecule has 0 aliphatic heterocycles. The first-order chi connectivity index (χ1) is 6.76. The highest BCUT2D eigenvalue weighted by Gasteiger charge is 2.42. The lowest BCUT2D eigenvalue weighted by Gasteiger charge is -2.23. The first kappa shape index (κ1) is 12.0. The zero-order chi connectivity index (χ0) is 10.0. The van der Waals surface area contributed by atoms with Gasteiger partial charge in [0.15, 0.2) is 0 Å². The van der Waals surface area contributed by atoms with E-state index in [1.165, 1.54) is 0 Å². The third kappa shape index (κ3) is 1.97. The maximum absolute atomic E-state index is 11.3. The number of pyridine rings is 1. The summed E-state index contributed by atoms with van der Waals surface area (Å²) in [4.78, 5) is 15.3. The van der Waals surface area contributed by atoms with Gasteiger partial charge < -0.3 is 5.11 Å². The van der Waals surface area contributed by atoms with Crippen molar-refractivity contribution in [3.63, 3.8) is 0 Å². The van der Waals surface area contributed by atoms with Gasteiger partial charge in [0.05, 0.1) is 5.41 Å². The second-order valence-corrected chi connectivity index (χ2v) is 3.84. The fourth-order valence-corrected chi connectivity index (χ4v) is 2.25. The van der Waals surface area contributed by atoms with Crippen molar-refractivity contribution in [2.24, 2.45) is 0 Å². The standard InChI is InChI=1S/C11H13NO2.ClH/c13-10(14)11(5-1-2-6-11)9-4-3-7-12-8-9;/h3-4,7-8H,1-2,5-6H2,(H,13,14);1H. The molecule has 0 bridgehead atoms. The Kier molecular flexibility index (Phi) is 3.69. The number of aliphatic carboxylic acids is 1. The summed E-state index contributed by atoms with van der Waals surface area (Å²) in [6.07, 6.45) is 6.85. The molecule has 1 aliphatic carbocycles. The minimum absolute atomic E-state index is 0. The van der Waals surface area contributed by atoms with Crippen LogP contribution >= 0.6 is 12.4 Å². The molecule has 0 unspecified atom stereocenters. The van der Waals surface area contributed by atoms with Gasteiger partial charge in [-0.2, -0.15) is 0 Å². The predicted molar refractivity (Wildman–Crippen MR) is 59.3 cm³/mol. The van der Waals surface area contributed by atoms with Crippen molar-refractivity contribution in [2.75, 3.05) is 0 Å². The highest BCUT2D eigenvalue weighted by atomic mass is 35.5. The summed E-state index contributed by atoms with van der Waals surface area (Å²) in [7, 11) is 0. The lowest BCUT2D eigenvalue weighted by molar-refractivity contribution is -0.143. The Morgan fingerprint density at radius 3 is 2.53 bits per heavy atom. The summed E-state index contributed by atoms with van der Waals surface area (Å²) >= 11 is 0. The van der Waals surface area contributed by atoms with Crippen molar-refractivity contribution in [3.05, 3.63) is 30.1 Å². The van der Waals surface area contributed by atoms with Crippen LogP contribution in [0.1, 0.15) is 31.2 Å². The average molecular weight is 228 g/mol.